The fourth-order valence-corrected chi connectivity index (χ4v) is 1.25. The van der Waals surface area contributed by atoms with E-state index in [0.29, 0.717) is 0 Å². The summed E-state index contributed by atoms with van der Waals surface area (Å²) in [5, 5.41) is 10.9. The molecule has 1 saturated heterocycles. The van der Waals surface area contributed by atoms with Crippen LogP contribution in [0.25, 0.3) is 0 Å². The van der Waals surface area contributed by atoms with Gasteiger partial charge in [-0.1, -0.05) is 0 Å². The van der Waals surface area contributed by atoms with Gasteiger partial charge in [0.25, 0.3) is 0 Å². The van der Waals surface area contributed by atoms with Crippen molar-refractivity contribution in [2.45, 2.75) is 13.3 Å². The van der Waals surface area contributed by atoms with Crippen LogP contribution in [0.1, 0.15) is 13.3 Å². The number of hydrogen-bond acceptors (Lipinski definition) is 4. The minimum absolute atomic E-state index is 0.250. The smallest absolute Gasteiger partial charge is 0.0402 e. The van der Waals surface area contributed by atoms with Gasteiger partial charge < -0.3 is 21.1 Å². The maximum absolute atomic E-state index is 7.57. The van der Waals surface area contributed by atoms with Crippen LogP contribution < -0.4 is 11.1 Å². The Morgan fingerprint density at radius 3 is 2.38 bits per heavy atom. The van der Waals surface area contributed by atoms with E-state index in [0.717, 1.165) is 26.1 Å². The summed E-state index contributed by atoms with van der Waals surface area (Å²) < 4.78 is 0. The van der Waals surface area contributed by atoms with Crippen molar-refractivity contribution in [1.82, 2.24) is 10.2 Å². The Bertz CT molecular complexity index is 94.9. The first kappa shape index (κ1) is 12.8. The molecule has 13 heavy (non-hydrogen) atoms. The topological polar surface area (TPSA) is 61.5 Å². The number of hydrogen-bond donors (Lipinski definition) is 3. The molecule has 0 atom stereocenters. The second-order valence-corrected chi connectivity index (χ2v) is 3.05. The summed E-state index contributed by atoms with van der Waals surface area (Å²) in [6.07, 6.45) is 1.14. The van der Waals surface area contributed by atoms with Gasteiger partial charge in [-0.05, 0) is 26.4 Å². The first-order valence-electron chi connectivity index (χ1n) is 5.09. The van der Waals surface area contributed by atoms with Gasteiger partial charge >= 0.3 is 0 Å². The van der Waals surface area contributed by atoms with Gasteiger partial charge in [-0.3, -0.25) is 0 Å². The quantitative estimate of drug-likeness (QED) is 0.546. The van der Waals surface area contributed by atoms with Crippen molar-refractivity contribution in [1.29, 1.82) is 0 Å². The average molecular weight is 189 g/mol. The second-order valence-electron chi connectivity index (χ2n) is 3.05. The standard InChI is InChI=1S/C7H17N3.C2H6O/c8-2-1-5-10-6-3-9-4-7-10;1-2-3/h9H,1-8H2;3H,2H2,1H3. The normalized spacial score (nSPS) is 17.8. The number of rotatable bonds is 3. The third-order valence-corrected chi connectivity index (χ3v) is 1.89. The van der Waals surface area contributed by atoms with E-state index in [1.54, 1.807) is 6.92 Å². The summed E-state index contributed by atoms with van der Waals surface area (Å²) in [7, 11) is 0. The predicted molar refractivity (Wildman–Crippen MR) is 55.7 cm³/mol. The van der Waals surface area contributed by atoms with E-state index in [4.69, 9.17) is 10.8 Å². The van der Waals surface area contributed by atoms with Crippen molar-refractivity contribution in [2.75, 3.05) is 45.9 Å². The number of piperazine rings is 1. The van der Waals surface area contributed by atoms with Crippen LogP contribution in [0.5, 0.6) is 0 Å². The van der Waals surface area contributed by atoms with Crippen LogP contribution in [-0.2, 0) is 0 Å². The lowest BCUT2D eigenvalue weighted by Crippen LogP contribution is -2.44. The van der Waals surface area contributed by atoms with Crippen molar-refractivity contribution >= 4 is 0 Å². The summed E-state index contributed by atoms with van der Waals surface area (Å²) in [5.41, 5.74) is 5.40. The zero-order valence-electron chi connectivity index (χ0n) is 8.63. The molecule has 0 unspecified atom stereocenters. The van der Waals surface area contributed by atoms with Crippen molar-refractivity contribution < 1.29 is 5.11 Å². The maximum Gasteiger partial charge on any atom is 0.0402 e. The molecule has 4 heteroatoms. The molecule has 1 heterocycles. The van der Waals surface area contributed by atoms with Gasteiger partial charge in [0.2, 0.25) is 0 Å². The first-order valence-corrected chi connectivity index (χ1v) is 5.09. The molecule has 0 aromatic heterocycles. The molecule has 4 N–H and O–H groups in total. The molecular weight excluding hydrogens is 166 g/mol. The number of nitrogens with zero attached hydrogens (tertiary/aromatic N) is 1. The molecule has 1 rings (SSSR count). The van der Waals surface area contributed by atoms with Gasteiger partial charge in [0.05, 0.1) is 0 Å². The van der Waals surface area contributed by atoms with Gasteiger partial charge in [-0.15, -0.1) is 0 Å². The summed E-state index contributed by atoms with van der Waals surface area (Å²) in [6, 6.07) is 0. The molecule has 0 aliphatic carbocycles. The van der Waals surface area contributed by atoms with E-state index in [-0.39, 0.29) is 6.61 Å². The van der Waals surface area contributed by atoms with Gasteiger partial charge in [0.1, 0.15) is 0 Å². The van der Waals surface area contributed by atoms with Crippen molar-refractivity contribution in [3.63, 3.8) is 0 Å². The molecule has 0 spiro atoms. The zero-order chi connectivity index (χ0) is 9.94. The highest BCUT2D eigenvalue weighted by molar-refractivity contribution is 4.66. The van der Waals surface area contributed by atoms with Crippen molar-refractivity contribution in [2.24, 2.45) is 5.73 Å². The molecular formula is C9H23N3O. The largest absolute Gasteiger partial charge is 0.397 e. The lowest BCUT2D eigenvalue weighted by Gasteiger charge is -2.26. The molecule has 4 nitrogen and oxygen atoms in total. The Morgan fingerprint density at radius 1 is 1.38 bits per heavy atom. The van der Waals surface area contributed by atoms with Gasteiger partial charge in [-0.25, -0.2) is 0 Å². The molecule has 0 aromatic rings. The van der Waals surface area contributed by atoms with Gasteiger partial charge in [0.15, 0.2) is 0 Å². The number of aliphatic hydroxyl groups is 1. The summed E-state index contributed by atoms with van der Waals surface area (Å²) in [6.45, 7) is 8.61. The number of aliphatic hydroxyl groups excluding tert-OH is 1. The fourth-order valence-electron chi connectivity index (χ4n) is 1.25. The molecule has 1 aliphatic rings. The highest BCUT2D eigenvalue weighted by atomic mass is 16.2. The highest BCUT2D eigenvalue weighted by Crippen LogP contribution is 1.92. The van der Waals surface area contributed by atoms with Crippen LogP contribution in [0, 0.1) is 0 Å². The van der Waals surface area contributed by atoms with E-state index in [1.807, 2.05) is 0 Å². The molecule has 80 valence electrons. The summed E-state index contributed by atoms with van der Waals surface area (Å²) >= 11 is 0. The monoisotopic (exact) mass is 189 g/mol. The van der Waals surface area contributed by atoms with Gasteiger partial charge in [0, 0.05) is 32.8 Å². The van der Waals surface area contributed by atoms with E-state index >= 15 is 0 Å². The van der Waals surface area contributed by atoms with E-state index in [1.165, 1.54) is 19.6 Å². The molecule has 1 fully saturated rings. The van der Waals surface area contributed by atoms with Crippen LogP contribution in [0.3, 0.4) is 0 Å². The third kappa shape index (κ3) is 8.18. The SMILES string of the molecule is CCO.NCCCN1CCNCC1. The van der Waals surface area contributed by atoms with Crippen LogP contribution in [0.4, 0.5) is 0 Å². The third-order valence-electron chi connectivity index (χ3n) is 1.89. The van der Waals surface area contributed by atoms with E-state index < -0.39 is 0 Å². The molecule has 0 aromatic carbocycles. The van der Waals surface area contributed by atoms with Crippen molar-refractivity contribution in [3.05, 3.63) is 0 Å². The Labute approximate surface area is 81.1 Å². The highest BCUT2D eigenvalue weighted by Gasteiger charge is 2.06. The Kier molecular flexibility index (Phi) is 9.80. The van der Waals surface area contributed by atoms with Crippen LogP contribution in [0.2, 0.25) is 0 Å². The first-order chi connectivity index (χ1) is 6.35. The van der Waals surface area contributed by atoms with Crippen LogP contribution in [-0.4, -0.2) is 55.9 Å². The lowest BCUT2D eigenvalue weighted by atomic mass is 10.3. The van der Waals surface area contributed by atoms with Gasteiger partial charge in [-0.2, -0.15) is 0 Å². The Hall–Kier alpha value is -0.160. The molecule has 0 radical (unpaired) electrons. The molecule has 0 bridgehead atoms. The maximum atomic E-state index is 7.57. The molecule has 1 aliphatic heterocycles. The van der Waals surface area contributed by atoms with Crippen LogP contribution in [0.15, 0.2) is 0 Å². The van der Waals surface area contributed by atoms with E-state index in [9.17, 15) is 0 Å². The lowest BCUT2D eigenvalue weighted by molar-refractivity contribution is 0.240. The fraction of sp³-hybridized carbons (Fsp3) is 1.00. The summed E-state index contributed by atoms with van der Waals surface area (Å²) in [4.78, 5) is 2.46. The number of nitrogens with two attached hydrogens (primary N) is 1. The predicted octanol–water partition coefficient (Wildman–Crippen LogP) is -0.761. The van der Waals surface area contributed by atoms with Crippen LogP contribution >= 0.6 is 0 Å². The zero-order valence-corrected chi connectivity index (χ0v) is 8.63. The minimum Gasteiger partial charge on any atom is -0.397 e. The second kappa shape index (κ2) is 9.92. The Morgan fingerprint density at radius 2 is 1.92 bits per heavy atom. The average Bonchev–Trinajstić information content (AvgIpc) is 2.18. The number of nitrogens with one attached hydrogen (secondary N) is 1. The minimum atomic E-state index is 0.250. The Balaban J connectivity index is 0.000000424. The molecule has 0 amide bonds. The molecule has 0 saturated carbocycles. The van der Waals surface area contributed by atoms with E-state index in [2.05, 4.69) is 10.2 Å². The summed E-state index contributed by atoms with van der Waals surface area (Å²) in [5.74, 6) is 0. The van der Waals surface area contributed by atoms with Crippen molar-refractivity contribution in [3.8, 4) is 0 Å².